The van der Waals surface area contributed by atoms with Crippen LogP contribution in [-0.2, 0) is 0 Å². The lowest BCUT2D eigenvalue weighted by molar-refractivity contribution is -0.0491. The lowest BCUT2D eigenvalue weighted by Gasteiger charge is -2.52. The molecule has 0 radical (unpaired) electrons. The summed E-state index contributed by atoms with van der Waals surface area (Å²) in [6, 6.07) is 1.06. The molecule has 1 unspecified atom stereocenters. The Kier molecular flexibility index (Phi) is 4.11. The number of hydrogen-bond donors (Lipinski definition) is 1. The van der Waals surface area contributed by atoms with Gasteiger partial charge < -0.3 is 5.11 Å². The second-order valence-electron chi connectivity index (χ2n) is 6.49. The second-order valence-corrected chi connectivity index (χ2v) is 6.49. The molecule has 1 N–H and O–H groups in total. The summed E-state index contributed by atoms with van der Waals surface area (Å²) < 4.78 is 0. The molecule has 3 nitrogen and oxygen atoms in total. The molecule has 2 rings (SSSR count). The molecule has 3 heteroatoms. The predicted molar refractivity (Wildman–Crippen MR) is 71.2 cm³/mol. The fourth-order valence-electron chi connectivity index (χ4n) is 3.37. The summed E-state index contributed by atoms with van der Waals surface area (Å²) in [5.41, 5.74) is 0.239. The van der Waals surface area contributed by atoms with E-state index in [1.807, 2.05) is 0 Å². The number of rotatable bonds is 2. The summed E-state index contributed by atoms with van der Waals surface area (Å²) in [6.45, 7) is 7.03. The normalized spacial score (nSPS) is 32.8. The van der Waals surface area contributed by atoms with Crippen molar-refractivity contribution < 1.29 is 5.11 Å². The Hall–Kier alpha value is -0.120. The summed E-state index contributed by atoms with van der Waals surface area (Å²) in [7, 11) is 2.18. The largest absolute Gasteiger partial charge is 0.395 e. The highest BCUT2D eigenvalue weighted by atomic mass is 16.3. The quantitative estimate of drug-likeness (QED) is 0.796. The SMILES string of the molecule is CN1CC(CO)N(C2CCCCC2)CC1(C)C. The lowest BCUT2D eigenvalue weighted by Crippen LogP contribution is -2.65. The Labute approximate surface area is 106 Å². The van der Waals surface area contributed by atoms with Gasteiger partial charge in [-0.3, -0.25) is 9.80 Å². The first kappa shape index (κ1) is 13.3. The Morgan fingerprint density at radius 2 is 1.82 bits per heavy atom. The van der Waals surface area contributed by atoms with Gasteiger partial charge in [-0.15, -0.1) is 0 Å². The van der Waals surface area contributed by atoms with Gasteiger partial charge in [0, 0.05) is 30.7 Å². The first-order valence-electron chi connectivity index (χ1n) is 7.12. The van der Waals surface area contributed by atoms with Crippen molar-refractivity contribution in [1.82, 2.24) is 9.80 Å². The van der Waals surface area contributed by atoms with E-state index in [0.717, 1.165) is 13.1 Å². The highest BCUT2D eigenvalue weighted by molar-refractivity contribution is 4.96. The van der Waals surface area contributed by atoms with E-state index in [4.69, 9.17) is 0 Å². The zero-order chi connectivity index (χ0) is 12.5. The molecular weight excluding hydrogens is 212 g/mol. The lowest BCUT2D eigenvalue weighted by atomic mass is 9.89. The molecule has 0 bridgehead atoms. The van der Waals surface area contributed by atoms with Crippen molar-refractivity contribution in [3.05, 3.63) is 0 Å². The van der Waals surface area contributed by atoms with Crippen LogP contribution >= 0.6 is 0 Å². The molecular formula is C14H28N2O. The molecule has 1 aliphatic heterocycles. The zero-order valence-corrected chi connectivity index (χ0v) is 11.7. The Morgan fingerprint density at radius 1 is 1.18 bits per heavy atom. The van der Waals surface area contributed by atoms with Crippen molar-refractivity contribution in [1.29, 1.82) is 0 Å². The van der Waals surface area contributed by atoms with Crippen LogP contribution in [0.25, 0.3) is 0 Å². The van der Waals surface area contributed by atoms with Crippen LogP contribution in [0.4, 0.5) is 0 Å². The van der Waals surface area contributed by atoms with Crippen molar-refractivity contribution in [3.63, 3.8) is 0 Å². The molecule has 2 aliphatic rings. The molecule has 0 aromatic carbocycles. The minimum absolute atomic E-state index is 0.239. The van der Waals surface area contributed by atoms with Gasteiger partial charge in [0.2, 0.25) is 0 Å². The number of nitrogens with zero attached hydrogens (tertiary/aromatic N) is 2. The molecule has 100 valence electrons. The Bertz CT molecular complexity index is 247. The minimum atomic E-state index is 0.239. The molecule has 2 fully saturated rings. The van der Waals surface area contributed by atoms with Crippen molar-refractivity contribution in [2.75, 3.05) is 26.7 Å². The van der Waals surface area contributed by atoms with Gasteiger partial charge in [0.1, 0.15) is 0 Å². The number of aliphatic hydroxyl groups excluding tert-OH is 1. The third-order valence-corrected chi connectivity index (χ3v) is 4.81. The molecule has 1 saturated carbocycles. The fourth-order valence-corrected chi connectivity index (χ4v) is 3.37. The summed E-state index contributed by atoms with van der Waals surface area (Å²) >= 11 is 0. The summed E-state index contributed by atoms with van der Waals surface area (Å²) in [6.07, 6.45) is 6.80. The van der Waals surface area contributed by atoms with Crippen molar-refractivity contribution in [2.24, 2.45) is 0 Å². The van der Waals surface area contributed by atoms with E-state index in [1.54, 1.807) is 0 Å². The first-order chi connectivity index (χ1) is 8.04. The average Bonchev–Trinajstić information content (AvgIpc) is 2.33. The van der Waals surface area contributed by atoms with Crippen molar-refractivity contribution in [2.45, 2.75) is 63.6 Å². The summed E-state index contributed by atoms with van der Waals surface area (Å²) in [5, 5.41) is 9.61. The van der Waals surface area contributed by atoms with Crippen LogP contribution in [0, 0.1) is 0 Å². The molecule has 1 atom stereocenters. The van der Waals surface area contributed by atoms with Gasteiger partial charge in [0.05, 0.1) is 6.61 Å². The van der Waals surface area contributed by atoms with E-state index in [0.29, 0.717) is 18.7 Å². The monoisotopic (exact) mass is 240 g/mol. The number of likely N-dealkylation sites (N-methyl/N-ethyl adjacent to an activating group) is 1. The van der Waals surface area contributed by atoms with Crippen LogP contribution in [0.5, 0.6) is 0 Å². The van der Waals surface area contributed by atoms with Gasteiger partial charge in [0.25, 0.3) is 0 Å². The van der Waals surface area contributed by atoms with Gasteiger partial charge >= 0.3 is 0 Å². The topological polar surface area (TPSA) is 26.7 Å². The van der Waals surface area contributed by atoms with E-state index >= 15 is 0 Å². The molecule has 1 aliphatic carbocycles. The van der Waals surface area contributed by atoms with E-state index in [1.165, 1.54) is 32.1 Å². The minimum Gasteiger partial charge on any atom is -0.395 e. The summed E-state index contributed by atoms with van der Waals surface area (Å²) in [4.78, 5) is 4.99. The Balaban J connectivity index is 2.06. The molecule has 0 aromatic rings. The van der Waals surface area contributed by atoms with Gasteiger partial charge in [-0.1, -0.05) is 19.3 Å². The third kappa shape index (κ3) is 2.83. The van der Waals surface area contributed by atoms with E-state index in [2.05, 4.69) is 30.7 Å². The smallest absolute Gasteiger partial charge is 0.0599 e. The van der Waals surface area contributed by atoms with Gasteiger partial charge in [-0.05, 0) is 33.7 Å². The van der Waals surface area contributed by atoms with E-state index in [-0.39, 0.29) is 5.54 Å². The average molecular weight is 240 g/mol. The van der Waals surface area contributed by atoms with Crippen molar-refractivity contribution in [3.8, 4) is 0 Å². The first-order valence-corrected chi connectivity index (χ1v) is 7.12. The van der Waals surface area contributed by atoms with Crippen LogP contribution in [0.15, 0.2) is 0 Å². The number of hydrogen-bond acceptors (Lipinski definition) is 3. The molecule has 0 amide bonds. The zero-order valence-electron chi connectivity index (χ0n) is 11.7. The predicted octanol–water partition coefficient (Wildman–Crippen LogP) is 1.71. The van der Waals surface area contributed by atoms with Gasteiger partial charge in [-0.25, -0.2) is 0 Å². The van der Waals surface area contributed by atoms with Crippen LogP contribution in [0.3, 0.4) is 0 Å². The maximum absolute atomic E-state index is 9.61. The van der Waals surface area contributed by atoms with Crippen LogP contribution in [0.2, 0.25) is 0 Å². The molecule has 17 heavy (non-hydrogen) atoms. The molecule has 0 spiro atoms. The highest BCUT2D eigenvalue weighted by Crippen LogP contribution is 2.30. The van der Waals surface area contributed by atoms with E-state index < -0.39 is 0 Å². The van der Waals surface area contributed by atoms with Gasteiger partial charge in [-0.2, -0.15) is 0 Å². The maximum Gasteiger partial charge on any atom is 0.0599 e. The van der Waals surface area contributed by atoms with Gasteiger partial charge in [0.15, 0.2) is 0 Å². The fraction of sp³-hybridized carbons (Fsp3) is 1.00. The highest BCUT2D eigenvalue weighted by Gasteiger charge is 2.39. The van der Waals surface area contributed by atoms with Crippen molar-refractivity contribution >= 4 is 0 Å². The number of aliphatic hydroxyl groups is 1. The van der Waals surface area contributed by atoms with Crippen LogP contribution < -0.4 is 0 Å². The standard InChI is InChI=1S/C14H28N2O/c1-14(2)11-16(12-7-5-4-6-8-12)13(10-17)9-15(14)3/h12-13,17H,4-11H2,1-3H3. The maximum atomic E-state index is 9.61. The van der Waals surface area contributed by atoms with E-state index in [9.17, 15) is 5.11 Å². The second kappa shape index (κ2) is 5.25. The molecule has 1 heterocycles. The van der Waals surface area contributed by atoms with Crippen LogP contribution in [-0.4, -0.2) is 59.3 Å². The van der Waals surface area contributed by atoms with Crippen LogP contribution in [0.1, 0.15) is 46.0 Å². The number of piperazine rings is 1. The third-order valence-electron chi connectivity index (χ3n) is 4.81. The summed E-state index contributed by atoms with van der Waals surface area (Å²) in [5.74, 6) is 0. The Morgan fingerprint density at radius 3 is 2.41 bits per heavy atom. The molecule has 1 saturated heterocycles. The molecule has 0 aromatic heterocycles.